The number of phenolic OH excluding ortho intramolecular Hbond substituents is 1. The summed E-state index contributed by atoms with van der Waals surface area (Å²) < 4.78 is 5.32. The van der Waals surface area contributed by atoms with E-state index in [4.69, 9.17) is 4.74 Å². The number of benzene rings is 1. The summed E-state index contributed by atoms with van der Waals surface area (Å²) in [5.74, 6) is 0.448. The second-order valence-corrected chi connectivity index (χ2v) is 6.53. The molecule has 0 heterocycles. The fourth-order valence-corrected chi connectivity index (χ4v) is 2.71. The van der Waals surface area contributed by atoms with Gasteiger partial charge in [-0.2, -0.15) is 5.10 Å². The normalized spacial score (nSPS) is 11.0. The van der Waals surface area contributed by atoms with Gasteiger partial charge >= 0.3 is 0 Å². The topological polar surface area (TPSA) is 70.9 Å². The highest BCUT2D eigenvalue weighted by molar-refractivity contribution is 5.83. The highest BCUT2D eigenvalue weighted by Gasteiger charge is 2.03. The first kappa shape index (κ1) is 22.0. The number of nitrogens with zero attached hydrogens (tertiary/aromatic N) is 1. The summed E-state index contributed by atoms with van der Waals surface area (Å²) in [4.78, 5) is 11.8. The number of hydrazone groups is 1. The Kier molecular flexibility index (Phi) is 12.0. The number of carbonyl (C=O) groups excluding carboxylic acids is 1. The molecule has 1 aromatic rings. The summed E-state index contributed by atoms with van der Waals surface area (Å²) >= 11 is 0. The lowest BCUT2D eigenvalue weighted by Crippen LogP contribution is -2.16. The van der Waals surface area contributed by atoms with Gasteiger partial charge in [-0.15, -0.1) is 0 Å². The number of aromatic hydroxyl groups is 1. The molecule has 0 aliphatic heterocycles. The lowest BCUT2D eigenvalue weighted by atomic mass is 10.1. The third-order valence-electron chi connectivity index (χ3n) is 4.19. The molecule has 5 nitrogen and oxygen atoms in total. The van der Waals surface area contributed by atoms with Gasteiger partial charge in [-0.25, -0.2) is 5.43 Å². The number of rotatable bonds is 14. The number of nitrogens with one attached hydrogen (secondary N) is 1. The van der Waals surface area contributed by atoms with Crippen LogP contribution in [0.3, 0.4) is 0 Å². The van der Waals surface area contributed by atoms with Crippen molar-refractivity contribution in [3.8, 4) is 11.5 Å². The number of hydrogen-bond donors (Lipinski definition) is 2. The molecule has 0 bridgehead atoms. The Balaban J connectivity index is 2.14. The zero-order valence-electron chi connectivity index (χ0n) is 16.3. The monoisotopic (exact) mass is 362 g/mol. The van der Waals surface area contributed by atoms with Gasteiger partial charge < -0.3 is 9.84 Å². The predicted octanol–water partition coefficient (Wildman–Crippen LogP) is 5.16. The van der Waals surface area contributed by atoms with E-state index in [1.54, 1.807) is 24.4 Å². The number of amides is 1. The van der Waals surface area contributed by atoms with Crippen LogP contribution in [0, 0.1) is 0 Å². The molecule has 2 N–H and O–H groups in total. The van der Waals surface area contributed by atoms with E-state index in [9.17, 15) is 9.90 Å². The summed E-state index contributed by atoms with van der Waals surface area (Å²) in [5, 5.41) is 13.6. The van der Waals surface area contributed by atoms with Gasteiger partial charge in [0, 0.05) is 6.42 Å². The molecule has 1 aromatic carbocycles. The van der Waals surface area contributed by atoms with Gasteiger partial charge in [0.2, 0.25) is 5.91 Å². The van der Waals surface area contributed by atoms with Crippen LogP contribution >= 0.6 is 0 Å². The van der Waals surface area contributed by atoms with Crippen molar-refractivity contribution in [1.82, 2.24) is 5.43 Å². The zero-order chi connectivity index (χ0) is 19.0. The smallest absolute Gasteiger partial charge is 0.240 e. The van der Waals surface area contributed by atoms with Gasteiger partial charge in [0.25, 0.3) is 0 Å². The molecule has 1 amide bonds. The molecule has 0 aliphatic carbocycles. The molecule has 0 aliphatic rings. The van der Waals surface area contributed by atoms with E-state index in [-0.39, 0.29) is 11.7 Å². The quantitative estimate of drug-likeness (QED) is 0.273. The molecule has 0 atom stereocenters. The Hall–Kier alpha value is -2.04. The van der Waals surface area contributed by atoms with Gasteiger partial charge in [-0.3, -0.25) is 4.79 Å². The van der Waals surface area contributed by atoms with Crippen molar-refractivity contribution in [2.45, 2.75) is 78.1 Å². The van der Waals surface area contributed by atoms with E-state index < -0.39 is 0 Å². The van der Waals surface area contributed by atoms with Crippen molar-refractivity contribution < 1.29 is 14.6 Å². The third kappa shape index (κ3) is 10.1. The molecular formula is C21H34N2O3. The minimum absolute atomic E-state index is 0.0620. The van der Waals surface area contributed by atoms with Crippen LogP contribution in [0.4, 0.5) is 0 Å². The highest BCUT2D eigenvalue weighted by Crippen LogP contribution is 2.26. The molecule has 146 valence electrons. The van der Waals surface area contributed by atoms with Gasteiger partial charge in [0.15, 0.2) is 11.5 Å². The van der Waals surface area contributed by atoms with Crippen LogP contribution in [0.15, 0.2) is 23.3 Å². The van der Waals surface area contributed by atoms with Crippen molar-refractivity contribution in [3.63, 3.8) is 0 Å². The molecule has 0 spiro atoms. The van der Waals surface area contributed by atoms with Crippen molar-refractivity contribution in [1.29, 1.82) is 0 Å². The van der Waals surface area contributed by atoms with Gasteiger partial charge in [-0.1, -0.05) is 58.3 Å². The molecule has 0 radical (unpaired) electrons. The number of carbonyl (C=O) groups is 1. The van der Waals surface area contributed by atoms with Crippen LogP contribution in [0.5, 0.6) is 11.5 Å². The Morgan fingerprint density at radius 2 is 1.73 bits per heavy atom. The van der Waals surface area contributed by atoms with Crippen molar-refractivity contribution in [2.24, 2.45) is 5.10 Å². The summed E-state index contributed by atoms with van der Waals surface area (Å²) in [7, 11) is 0. The van der Waals surface area contributed by atoms with Gasteiger partial charge in [0.05, 0.1) is 12.8 Å². The number of hydrogen-bond acceptors (Lipinski definition) is 4. The first-order valence-corrected chi connectivity index (χ1v) is 9.95. The fourth-order valence-electron chi connectivity index (χ4n) is 2.71. The summed E-state index contributed by atoms with van der Waals surface area (Å²) in [6, 6.07) is 4.96. The molecular weight excluding hydrogens is 328 g/mol. The first-order valence-electron chi connectivity index (χ1n) is 9.95. The molecule has 26 heavy (non-hydrogen) atoms. The molecule has 5 heteroatoms. The third-order valence-corrected chi connectivity index (χ3v) is 4.19. The van der Waals surface area contributed by atoms with Crippen LogP contribution in [0.1, 0.15) is 83.6 Å². The summed E-state index contributed by atoms with van der Waals surface area (Å²) in [6.07, 6.45) is 13.2. The van der Waals surface area contributed by atoms with Crippen LogP contribution in [0.2, 0.25) is 0 Å². The Bertz CT molecular complexity index is 544. The number of unbranched alkanes of at least 4 members (excludes halogenated alkanes) is 8. The summed E-state index contributed by atoms with van der Waals surface area (Å²) in [5.41, 5.74) is 3.31. The highest BCUT2D eigenvalue weighted by atomic mass is 16.5. The molecule has 0 saturated carbocycles. The van der Waals surface area contributed by atoms with E-state index in [2.05, 4.69) is 17.5 Å². The number of phenols is 1. The van der Waals surface area contributed by atoms with E-state index in [0.717, 1.165) is 18.4 Å². The minimum atomic E-state index is -0.0620. The van der Waals surface area contributed by atoms with Gasteiger partial charge in [0.1, 0.15) is 0 Å². The van der Waals surface area contributed by atoms with Crippen LogP contribution in [-0.4, -0.2) is 23.8 Å². The van der Waals surface area contributed by atoms with Crippen molar-refractivity contribution in [2.75, 3.05) is 6.61 Å². The van der Waals surface area contributed by atoms with E-state index in [0.29, 0.717) is 18.8 Å². The standard InChI is InChI=1S/C21H34N2O3/c1-3-5-6-7-8-9-10-11-12-13-21(25)23-22-17-18-14-15-19(24)20(16-18)26-4-2/h14-17,24H,3-13H2,1-2H3,(H,23,25)/b22-17-. The largest absolute Gasteiger partial charge is 0.504 e. The second kappa shape index (κ2) is 14.2. The molecule has 0 fully saturated rings. The van der Waals surface area contributed by atoms with Gasteiger partial charge in [-0.05, 0) is 37.1 Å². The molecule has 0 aromatic heterocycles. The zero-order valence-corrected chi connectivity index (χ0v) is 16.3. The van der Waals surface area contributed by atoms with Crippen molar-refractivity contribution in [3.05, 3.63) is 23.8 Å². The predicted molar refractivity (Wildman–Crippen MR) is 107 cm³/mol. The minimum Gasteiger partial charge on any atom is -0.504 e. The number of ether oxygens (including phenoxy) is 1. The maximum Gasteiger partial charge on any atom is 0.240 e. The first-order chi connectivity index (χ1) is 12.7. The lowest BCUT2D eigenvalue weighted by molar-refractivity contribution is -0.121. The van der Waals surface area contributed by atoms with E-state index in [1.807, 2.05) is 6.92 Å². The average molecular weight is 363 g/mol. The van der Waals surface area contributed by atoms with E-state index >= 15 is 0 Å². The summed E-state index contributed by atoms with van der Waals surface area (Å²) in [6.45, 7) is 4.56. The Labute approximate surface area is 157 Å². The molecule has 0 saturated heterocycles. The van der Waals surface area contributed by atoms with Crippen LogP contribution in [-0.2, 0) is 4.79 Å². The van der Waals surface area contributed by atoms with Crippen molar-refractivity contribution >= 4 is 12.1 Å². The second-order valence-electron chi connectivity index (χ2n) is 6.53. The average Bonchev–Trinajstić information content (AvgIpc) is 2.63. The maximum absolute atomic E-state index is 11.8. The lowest BCUT2D eigenvalue weighted by Gasteiger charge is -2.06. The molecule has 0 unspecified atom stereocenters. The van der Waals surface area contributed by atoms with Crippen LogP contribution < -0.4 is 10.2 Å². The maximum atomic E-state index is 11.8. The SMILES string of the molecule is CCCCCCCCCCCC(=O)N/N=C\c1ccc(O)c(OCC)c1. The fraction of sp³-hybridized carbons (Fsp3) is 0.619. The molecule has 1 rings (SSSR count). The van der Waals surface area contributed by atoms with Crippen LogP contribution in [0.25, 0.3) is 0 Å². The Morgan fingerprint density at radius 1 is 1.08 bits per heavy atom. The Morgan fingerprint density at radius 3 is 2.38 bits per heavy atom. The van der Waals surface area contributed by atoms with E-state index in [1.165, 1.54) is 44.9 Å².